The second-order valence-corrected chi connectivity index (χ2v) is 6.97. The van der Waals surface area contributed by atoms with Gasteiger partial charge in [0, 0.05) is 37.1 Å². The quantitative estimate of drug-likeness (QED) is 0.664. The molecule has 1 aliphatic rings. The summed E-state index contributed by atoms with van der Waals surface area (Å²) in [6.45, 7) is 0.679. The Balaban J connectivity index is 1.54. The SMILES string of the molecule is O=C1CCCCN1/N=C/c1cccc(-c2cnc(-c3cccnc3)s2)n1. The van der Waals surface area contributed by atoms with E-state index in [1.165, 1.54) is 5.01 Å². The molecule has 130 valence electrons. The molecule has 0 spiro atoms. The summed E-state index contributed by atoms with van der Waals surface area (Å²) in [5, 5.41) is 6.74. The van der Waals surface area contributed by atoms with Crippen LogP contribution in [0.25, 0.3) is 21.1 Å². The molecule has 3 aromatic heterocycles. The van der Waals surface area contributed by atoms with Crippen LogP contribution in [-0.2, 0) is 4.79 Å². The molecule has 3 aromatic rings. The van der Waals surface area contributed by atoms with Crippen molar-refractivity contribution in [3.63, 3.8) is 0 Å². The average Bonchev–Trinajstić information content (AvgIpc) is 3.19. The Morgan fingerprint density at radius 2 is 2.12 bits per heavy atom. The summed E-state index contributed by atoms with van der Waals surface area (Å²) in [5.74, 6) is 0.0761. The molecule has 1 saturated heterocycles. The third-order valence-corrected chi connectivity index (χ3v) is 5.13. The maximum Gasteiger partial charge on any atom is 0.242 e. The predicted molar refractivity (Wildman–Crippen MR) is 102 cm³/mol. The number of thiazole rings is 1. The van der Waals surface area contributed by atoms with Crippen LogP contribution in [0.4, 0.5) is 0 Å². The lowest BCUT2D eigenvalue weighted by molar-refractivity contribution is -0.133. The maximum atomic E-state index is 11.8. The van der Waals surface area contributed by atoms with E-state index in [1.54, 1.807) is 29.9 Å². The summed E-state index contributed by atoms with van der Waals surface area (Å²) in [6, 6.07) is 9.65. The van der Waals surface area contributed by atoms with Crippen molar-refractivity contribution in [3.05, 3.63) is 54.6 Å². The van der Waals surface area contributed by atoms with E-state index in [2.05, 4.69) is 20.1 Å². The van der Waals surface area contributed by atoms with Crippen molar-refractivity contribution in [1.29, 1.82) is 0 Å². The molecule has 6 nitrogen and oxygen atoms in total. The lowest BCUT2D eigenvalue weighted by Crippen LogP contribution is -2.30. The first-order chi connectivity index (χ1) is 12.8. The van der Waals surface area contributed by atoms with Crippen molar-refractivity contribution >= 4 is 23.5 Å². The smallest absolute Gasteiger partial charge is 0.242 e. The van der Waals surface area contributed by atoms with Gasteiger partial charge in [0.15, 0.2) is 0 Å². The van der Waals surface area contributed by atoms with Gasteiger partial charge in [0.05, 0.1) is 22.5 Å². The van der Waals surface area contributed by atoms with Crippen LogP contribution in [0.5, 0.6) is 0 Å². The van der Waals surface area contributed by atoms with E-state index in [-0.39, 0.29) is 5.91 Å². The Labute approximate surface area is 155 Å². The lowest BCUT2D eigenvalue weighted by atomic mass is 10.1. The number of rotatable bonds is 4. The summed E-state index contributed by atoms with van der Waals surface area (Å²) in [7, 11) is 0. The normalized spacial score (nSPS) is 14.9. The van der Waals surface area contributed by atoms with Crippen molar-refractivity contribution in [1.82, 2.24) is 20.0 Å². The van der Waals surface area contributed by atoms with E-state index in [0.717, 1.165) is 39.7 Å². The van der Waals surface area contributed by atoms with Crippen molar-refractivity contribution in [3.8, 4) is 21.1 Å². The van der Waals surface area contributed by atoms with Crippen LogP contribution in [0.1, 0.15) is 25.0 Å². The van der Waals surface area contributed by atoms with Crippen LogP contribution >= 0.6 is 11.3 Å². The zero-order valence-corrected chi connectivity index (χ0v) is 14.9. The molecule has 0 aliphatic carbocycles. The van der Waals surface area contributed by atoms with Gasteiger partial charge in [-0.2, -0.15) is 5.10 Å². The largest absolute Gasteiger partial charge is 0.273 e. The van der Waals surface area contributed by atoms with E-state index >= 15 is 0 Å². The monoisotopic (exact) mass is 363 g/mol. The van der Waals surface area contributed by atoms with Gasteiger partial charge in [-0.3, -0.25) is 9.78 Å². The van der Waals surface area contributed by atoms with Gasteiger partial charge in [0.25, 0.3) is 0 Å². The summed E-state index contributed by atoms with van der Waals surface area (Å²) < 4.78 is 0. The van der Waals surface area contributed by atoms with Gasteiger partial charge in [-0.15, -0.1) is 11.3 Å². The minimum atomic E-state index is 0.0761. The topological polar surface area (TPSA) is 71.3 Å². The average molecular weight is 363 g/mol. The van der Waals surface area contributed by atoms with Crippen LogP contribution in [-0.4, -0.2) is 38.6 Å². The standard InChI is InChI=1S/C19H17N5OS/c25-18-8-1-2-10-24(18)22-12-15-6-3-7-16(23-15)17-13-21-19(26-17)14-5-4-9-20-11-14/h3-7,9,11-13H,1-2,8,10H2/b22-12+. The Morgan fingerprint density at radius 3 is 2.96 bits per heavy atom. The minimum absolute atomic E-state index is 0.0761. The molecule has 0 N–H and O–H groups in total. The molecule has 7 heteroatoms. The van der Waals surface area contributed by atoms with E-state index in [1.807, 2.05) is 36.5 Å². The molecule has 1 amide bonds. The summed E-state index contributed by atoms with van der Waals surface area (Å²) in [5.41, 5.74) is 2.55. The highest BCUT2D eigenvalue weighted by atomic mass is 32.1. The number of pyridine rings is 2. The first-order valence-electron chi connectivity index (χ1n) is 8.47. The summed E-state index contributed by atoms with van der Waals surface area (Å²) in [6.07, 6.45) is 9.53. The fourth-order valence-electron chi connectivity index (χ4n) is 2.72. The summed E-state index contributed by atoms with van der Waals surface area (Å²) >= 11 is 1.57. The Kier molecular flexibility index (Phi) is 4.79. The number of carbonyl (C=O) groups is 1. The number of hydrogen-bond donors (Lipinski definition) is 0. The molecule has 4 heterocycles. The third-order valence-electron chi connectivity index (χ3n) is 4.07. The molecule has 4 rings (SSSR count). The molecular formula is C19H17N5OS. The molecule has 0 bridgehead atoms. The zero-order valence-electron chi connectivity index (χ0n) is 14.1. The molecule has 0 aromatic carbocycles. The first kappa shape index (κ1) is 16.5. The van der Waals surface area contributed by atoms with Crippen LogP contribution in [0.15, 0.2) is 54.0 Å². The number of amides is 1. The summed E-state index contributed by atoms with van der Waals surface area (Å²) in [4.78, 5) is 26.0. The van der Waals surface area contributed by atoms with E-state index < -0.39 is 0 Å². The van der Waals surface area contributed by atoms with E-state index in [4.69, 9.17) is 0 Å². The molecule has 0 saturated carbocycles. The van der Waals surface area contributed by atoms with Crippen molar-refractivity contribution in [2.45, 2.75) is 19.3 Å². The van der Waals surface area contributed by atoms with Crippen LogP contribution in [0.3, 0.4) is 0 Å². The van der Waals surface area contributed by atoms with Crippen molar-refractivity contribution in [2.75, 3.05) is 6.54 Å². The van der Waals surface area contributed by atoms with Gasteiger partial charge in [0.2, 0.25) is 5.91 Å². The fourth-order valence-corrected chi connectivity index (χ4v) is 3.59. The lowest BCUT2D eigenvalue weighted by Gasteiger charge is -2.21. The highest BCUT2D eigenvalue weighted by Gasteiger charge is 2.16. The second-order valence-electron chi connectivity index (χ2n) is 5.94. The highest BCUT2D eigenvalue weighted by molar-refractivity contribution is 7.18. The van der Waals surface area contributed by atoms with Crippen molar-refractivity contribution < 1.29 is 4.79 Å². The molecule has 0 unspecified atom stereocenters. The number of carbonyl (C=O) groups excluding carboxylic acids is 1. The van der Waals surface area contributed by atoms with Gasteiger partial charge in [-0.05, 0) is 37.1 Å². The molecule has 1 aliphatic heterocycles. The third kappa shape index (κ3) is 3.67. The number of hydrazone groups is 1. The van der Waals surface area contributed by atoms with Crippen LogP contribution in [0.2, 0.25) is 0 Å². The van der Waals surface area contributed by atoms with Crippen LogP contribution < -0.4 is 0 Å². The Bertz CT molecular complexity index is 938. The number of piperidine rings is 1. The predicted octanol–water partition coefficient (Wildman–Crippen LogP) is 3.61. The molecule has 0 atom stereocenters. The molecule has 0 radical (unpaired) electrons. The highest BCUT2D eigenvalue weighted by Crippen LogP contribution is 2.30. The van der Waals surface area contributed by atoms with Gasteiger partial charge in [-0.1, -0.05) is 6.07 Å². The van der Waals surface area contributed by atoms with Crippen molar-refractivity contribution in [2.24, 2.45) is 5.10 Å². The number of nitrogens with zero attached hydrogens (tertiary/aromatic N) is 5. The minimum Gasteiger partial charge on any atom is -0.273 e. The van der Waals surface area contributed by atoms with Gasteiger partial charge in [0.1, 0.15) is 5.01 Å². The van der Waals surface area contributed by atoms with Gasteiger partial charge < -0.3 is 0 Å². The molecule has 26 heavy (non-hydrogen) atoms. The first-order valence-corrected chi connectivity index (χ1v) is 9.29. The van der Waals surface area contributed by atoms with E-state index in [0.29, 0.717) is 13.0 Å². The fraction of sp³-hybridized carbons (Fsp3) is 0.211. The number of aromatic nitrogens is 3. The van der Waals surface area contributed by atoms with E-state index in [9.17, 15) is 4.79 Å². The van der Waals surface area contributed by atoms with Crippen LogP contribution in [0, 0.1) is 0 Å². The maximum absolute atomic E-state index is 11.8. The second kappa shape index (κ2) is 7.53. The van der Waals surface area contributed by atoms with Gasteiger partial charge >= 0.3 is 0 Å². The number of hydrogen-bond acceptors (Lipinski definition) is 6. The molecular weight excluding hydrogens is 346 g/mol. The van der Waals surface area contributed by atoms with Gasteiger partial charge in [-0.25, -0.2) is 15.0 Å². The zero-order chi connectivity index (χ0) is 17.8. The Morgan fingerprint density at radius 1 is 1.15 bits per heavy atom. The molecule has 1 fully saturated rings. The Hall–Kier alpha value is -2.93.